The number of phenols is 1. The second-order valence-corrected chi connectivity index (χ2v) is 5.58. The monoisotopic (exact) mass is 234 g/mol. The third-order valence-electron chi connectivity index (χ3n) is 4.10. The third kappa shape index (κ3) is 3.49. The van der Waals surface area contributed by atoms with Gasteiger partial charge in [-0.25, -0.2) is 0 Å². The lowest BCUT2D eigenvalue weighted by molar-refractivity contribution is 0.302. The summed E-state index contributed by atoms with van der Waals surface area (Å²) in [5.74, 6) is 0.970. The van der Waals surface area contributed by atoms with Gasteiger partial charge in [0, 0.05) is 0 Å². The number of hydrogen-bond donors (Lipinski definition) is 1. The molecular formula is C16H26O. The molecule has 1 nitrogen and oxygen atoms in total. The first-order valence-corrected chi connectivity index (χ1v) is 6.80. The predicted octanol–water partition coefficient (Wildman–Crippen LogP) is 4.89. The highest BCUT2D eigenvalue weighted by Gasteiger charge is 2.29. The summed E-state index contributed by atoms with van der Waals surface area (Å²) in [7, 11) is 0. The van der Waals surface area contributed by atoms with Gasteiger partial charge in [0.15, 0.2) is 0 Å². The summed E-state index contributed by atoms with van der Waals surface area (Å²) < 4.78 is 0. The van der Waals surface area contributed by atoms with Crippen molar-refractivity contribution in [3.8, 4) is 5.75 Å². The molecule has 1 unspecified atom stereocenters. The van der Waals surface area contributed by atoms with Crippen molar-refractivity contribution in [2.75, 3.05) is 0 Å². The molecule has 0 aliphatic heterocycles. The smallest absolute Gasteiger partial charge is 0.115 e. The molecule has 0 radical (unpaired) electrons. The maximum Gasteiger partial charge on any atom is 0.115 e. The molecule has 1 heteroatoms. The van der Waals surface area contributed by atoms with Gasteiger partial charge in [0.05, 0.1) is 0 Å². The summed E-state index contributed by atoms with van der Waals surface area (Å²) in [6.45, 7) is 9.17. The average Bonchev–Trinajstić information content (AvgIpc) is 2.29. The van der Waals surface area contributed by atoms with Crippen LogP contribution >= 0.6 is 0 Å². The molecule has 0 spiro atoms. The molecule has 0 amide bonds. The quantitative estimate of drug-likeness (QED) is 0.695. The zero-order valence-electron chi connectivity index (χ0n) is 11.7. The number of aromatic hydroxyl groups is 1. The highest BCUT2D eigenvalue weighted by atomic mass is 16.3. The normalized spacial score (nSPS) is 14.9. The standard InChI is InChI=1S/C16H26O/c1-5-6-7-12-16(4,13(2)3)14-8-10-15(17)11-9-14/h8-11,13,17H,5-7,12H2,1-4H3. The van der Waals surface area contributed by atoms with Crippen LogP contribution in [0.3, 0.4) is 0 Å². The molecule has 17 heavy (non-hydrogen) atoms. The minimum atomic E-state index is 0.225. The molecule has 96 valence electrons. The van der Waals surface area contributed by atoms with Crippen molar-refractivity contribution >= 4 is 0 Å². The molecule has 0 aliphatic carbocycles. The largest absolute Gasteiger partial charge is 0.508 e. The first kappa shape index (κ1) is 14.1. The summed E-state index contributed by atoms with van der Waals surface area (Å²) in [4.78, 5) is 0. The zero-order valence-corrected chi connectivity index (χ0v) is 11.7. The maximum atomic E-state index is 9.38. The Hall–Kier alpha value is -0.980. The zero-order chi connectivity index (χ0) is 12.9. The van der Waals surface area contributed by atoms with E-state index >= 15 is 0 Å². The van der Waals surface area contributed by atoms with E-state index in [0.717, 1.165) is 0 Å². The van der Waals surface area contributed by atoms with E-state index in [0.29, 0.717) is 11.7 Å². The van der Waals surface area contributed by atoms with Crippen LogP contribution < -0.4 is 0 Å². The molecule has 0 fully saturated rings. The molecular weight excluding hydrogens is 208 g/mol. The fraction of sp³-hybridized carbons (Fsp3) is 0.625. The molecule has 0 saturated carbocycles. The van der Waals surface area contributed by atoms with Crippen LogP contribution in [0, 0.1) is 5.92 Å². The topological polar surface area (TPSA) is 20.2 Å². The Morgan fingerprint density at radius 3 is 2.18 bits per heavy atom. The molecule has 0 bridgehead atoms. The summed E-state index contributed by atoms with van der Waals surface area (Å²) in [5, 5.41) is 9.38. The van der Waals surface area contributed by atoms with E-state index in [9.17, 15) is 5.11 Å². The summed E-state index contributed by atoms with van der Waals surface area (Å²) >= 11 is 0. The molecule has 0 aliphatic rings. The second-order valence-electron chi connectivity index (χ2n) is 5.58. The maximum absolute atomic E-state index is 9.38. The van der Waals surface area contributed by atoms with Gasteiger partial charge < -0.3 is 5.11 Å². The van der Waals surface area contributed by atoms with Gasteiger partial charge >= 0.3 is 0 Å². The van der Waals surface area contributed by atoms with Gasteiger partial charge in [0.25, 0.3) is 0 Å². The summed E-state index contributed by atoms with van der Waals surface area (Å²) in [6, 6.07) is 7.74. The van der Waals surface area contributed by atoms with Crippen molar-refractivity contribution in [3.05, 3.63) is 29.8 Å². The van der Waals surface area contributed by atoms with Gasteiger partial charge in [-0.15, -0.1) is 0 Å². The van der Waals surface area contributed by atoms with Crippen LogP contribution in [-0.4, -0.2) is 5.11 Å². The summed E-state index contributed by atoms with van der Waals surface area (Å²) in [5.41, 5.74) is 1.57. The van der Waals surface area contributed by atoms with Crippen LogP contribution in [0.4, 0.5) is 0 Å². The van der Waals surface area contributed by atoms with Gasteiger partial charge in [0.2, 0.25) is 0 Å². The van der Waals surface area contributed by atoms with Crippen molar-refractivity contribution < 1.29 is 5.11 Å². The Labute approximate surface area is 106 Å². The Morgan fingerprint density at radius 1 is 1.12 bits per heavy atom. The Balaban J connectivity index is 2.86. The molecule has 1 atom stereocenters. The lowest BCUT2D eigenvalue weighted by Gasteiger charge is -2.34. The van der Waals surface area contributed by atoms with Crippen LogP contribution in [0.2, 0.25) is 0 Å². The number of benzene rings is 1. The second kappa shape index (κ2) is 6.09. The van der Waals surface area contributed by atoms with Crippen molar-refractivity contribution in [3.63, 3.8) is 0 Å². The highest BCUT2D eigenvalue weighted by molar-refractivity contribution is 5.31. The van der Waals surface area contributed by atoms with E-state index in [4.69, 9.17) is 0 Å². The third-order valence-corrected chi connectivity index (χ3v) is 4.10. The average molecular weight is 234 g/mol. The van der Waals surface area contributed by atoms with Crippen LogP contribution in [0.1, 0.15) is 58.9 Å². The van der Waals surface area contributed by atoms with Crippen LogP contribution in [0.5, 0.6) is 5.75 Å². The van der Waals surface area contributed by atoms with E-state index in [1.165, 1.54) is 31.2 Å². The molecule has 1 N–H and O–H groups in total. The minimum Gasteiger partial charge on any atom is -0.508 e. The fourth-order valence-electron chi connectivity index (χ4n) is 2.35. The molecule has 1 aromatic rings. The van der Waals surface area contributed by atoms with Gasteiger partial charge in [-0.05, 0) is 35.4 Å². The van der Waals surface area contributed by atoms with E-state index in [1.807, 2.05) is 0 Å². The van der Waals surface area contributed by atoms with E-state index in [2.05, 4.69) is 39.8 Å². The van der Waals surface area contributed by atoms with Crippen molar-refractivity contribution in [2.45, 2.75) is 58.8 Å². The lowest BCUT2D eigenvalue weighted by Crippen LogP contribution is -2.28. The fourth-order valence-corrected chi connectivity index (χ4v) is 2.35. The van der Waals surface area contributed by atoms with Crippen LogP contribution in [0.15, 0.2) is 24.3 Å². The Morgan fingerprint density at radius 2 is 1.71 bits per heavy atom. The van der Waals surface area contributed by atoms with Crippen LogP contribution in [-0.2, 0) is 5.41 Å². The molecule has 0 aromatic heterocycles. The highest BCUT2D eigenvalue weighted by Crippen LogP contribution is 2.37. The van der Waals surface area contributed by atoms with Crippen molar-refractivity contribution in [1.82, 2.24) is 0 Å². The van der Waals surface area contributed by atoms with Gasteiger partial charge in [-0.2, -0.15) is 0 Å². The van der Waals surface area contributed by atoms with E-state index < -0.39 is 0 Å². The van der Waals surface area contributed by atoms with E-state index in [-0.39, 0.29) is 5.41 Å². The lowest BCUT2D eigenvalue weighted by atomic mass is 9.70. The number of rotatable bonds is 6. The first-order chi connectivity index (χ1) is 8.00. The van der Waals surface area contributed by atoms with Crippen molar-refractivity contribution in [2.24, 2.45) is 5.92 Å². The van der Waals surface area contributed by atoms with Gasteiger partial charge in [-0.3, -0.25) is 0 Å². The van der Waals surface area contributed by atoms with Crippen LogP contribution in [0.25, 0.3) is 0 Å². The summed E-state index contributed by atoms with van der Waals surface area (Å²) in [6.07, 6.45) is 5.08. The minimum absolute atomic E-state index is 0.225. The van der Waals surface area contributed by atoms with Crippen molar-refractivity contribution in [1.29, 1.82) is 0 Å². The molecule has 0 saturated heterocycles. The Kier molecular flexibility index (Phi) is 5.04. The molecule has 1 aromatic carbocycles. The predicted molar refractivity (Wildman–Crippen MR) is 74.4 cm³/mol. The molecule has 0 heterocycles. The Bertz CT molecular complexity index is 326. The van der Waals surface area contributed by atoms with Gasteiger partial charge in [-0.1, -0.05) is 59.1 Å². The SMILES string of the molecule is CCCCCC(C)(c1ccc(O)cc1)C(C)C. The number of phenolic OH excluding ortho intramolecular Hbond substituents is 1. The van der Waals surface area contributed by atoms with Gasteiger partial charge in [0.1, 0.15) is 5.75 Å². The first-order valence-electron chi connectivity index (χ1n) is 6.80. The van der Waals surface area contributed by atoms with E-state index in [1.54, 1.807) is 12.1 Å². The molecule has 1 rings (SSSR count). The number of hydrogen-bond acceptors (Lipinski definition) is 1. The number of unbranched alkanes of at least 4 members (excludes halogenated alkanes) is 2.